The molecule has 7 nitrogen and oxygen atoms in total. The summed E-state index contributed by atoms with van der Waals surface area (Å²) in [5, 5.41) is 0. The van der Waals surface area contributed by atoms with Gasteiger partial charge in [-0.2, -0.15) is 0 Å². The standard InChI is InChI=1S/C17H20N4O3S/c1-19(2)15(22)9-21-13-7-11(8-18-16(13)20(3)17(21)23)14-6-5-12(25-14)10-24-4/h5-8H,9-10H2,1-4H3/i4D3. The molecule has 3 heterocycles. The number of methoxy groups -OCH3 is 1. The van der Waals surface area contributed by atoms with Crippen molar-refractivity contribution in [2.75, 3.05) is 21.1 Å². The third kappa shape index (κ3) is 3.22. The van der Waals surface area contributed by atoms with Crippen LogP contribution in [-0.2, 0) is 29.7 Å². The van der Waals surface area contributed by atoms with Gasteiger partial charge in [0.15, 0.2) is 5.65 Å². The maximum absolute atomic E-state index is 12.5. The van der Waals surface area contributed by atoms with Crippen LogP contribution in [0.3, 0.4) is 0 Å². The molecule has 0 N–H and O–H groups in total. The van der Waals surface area contributed by atoms with Crippen LogP contribution in [0.2, 0.25) is 0 Å². The van der Waals surface area contributed by atoms with Gasteiger partial charge in [0.1, 0.15) is 6.54 Å². The Morgan fingerprint density at radius 1 is 1.44 bits per heavy atom. The van der Waals surface area contributed by atoms with Gasteiger partial charge in [0, 0.05) is 49.7 Å². The highest BCUT2D eigenvalue weighted by atomic mass is 32.1. The number of rotatable bonds is 5. The molecule has 0 fully saturated rings. The van der Waals surface area contributed by atoms with Gasteiger partial charge in [0.25, 0.3) is 0 Å². The number of likely N-dealkylation sites (N-methyl/N-ethyl adjacent to an activating group) is 1. The van der Waals surface area contributed by atoms with E-state index in [1.165, 1.54) is 25.4 Å². The minimum Gasteiger partial charge on any atom is -0.379 e. The fourth-order valence-electron chi connectivity index (χ4n) is 2.52. The molecule has 0 aliphatic heterocycles. The highest BCUT2D eigenvalue weighted by Gasteiger charge is 2.17. The van der Waals surface area contributed by atoms with Crippen LogP contribution in [0, 0.1) is 0 Å². The number of nitrogens with zero attached hydrogens (tertiary/aromatic N) is 4. The summed E-state index contributed by atoms with van der Waals surface area (Å²) in [6.45, 7) is -0.0827. The van der Waals surface area contributed by atoms with Crippen LogP contribution in [0.15, 0.2) is 29.2 Å². The molecule has 0 saturated carbocycles. The van der Waals surface area contributed by atoms with Crippen molar-refractivity contribution in [2.24, 2.45) is 7.05 Å². The average Bonchev–Trinajstić information content (AvgIpc) is 3.18. The summed E-state index contributed by atoms with van der Waals surface area (Å²) >= 11 is 1.39. The monoisotopic (exact) mass is 363 g/mol. The number of hydrogen-bond acceptors (Lipinski definition) is 5. The molecule has 0 aliphatic carbocycles. The van der Waals surface area contributed by atoms with Gasteiger partial charge < -0.3 is 9.64 Å². The average molecular weight is 363 g/mol. The predicted molar refractivity (Wildman–Crippen MR) is 97.7 cm³/mol. The van der Waals surface area contributed by atoms with Crippen LogP contribution in [0.25, 0.3) is 21.6 Å². The number of pyridine rings is 1. The summed E-state index contributed by atoms with van der Waals surface area (Å²) in [6.07, 6.45) is 1.65. The van der Waals surface area contributed by atoms with Gasteiger partial charge in [-0.15, -0.1) is 11.3 Å². The van der Waals surface area contributed by atoms with Gasteiger partial charge in [-0.1, -0.05) is 0 Å². The summed E-state index contributed by atoms with van der Waals surface area (Å²) in [5.41, 5.74) is 1.51. The molecule has 0 saturated heterocycles. The zero-order valence-corrected chi connectivity index (χ0v) is 15.0. The Morgan fingerprint density at radius 2 is 2.24 bits per heavy atom. The van der Waals surface area contributed by atoms with Gasteiger partial charge in [-0.05, 0) is 18.2 Å². The maximum atomic E-state index is 12.5. The SMILES string of the molecule is [2H]C([2H])([2H])OCc1ccc(-c2cnc3c(c2)n(CC(=O)N(C)C)c(=O)n3C)s1. The number of thiophene rings is 1. The van der Waals surface area contributed by atoms with E-state index >= 15 is 0 Å². The normalized spacial score (nSPS) is 13.5. The van der Waals surface area contributed by atoms with Gasteiger partial charge in [0.2, 0.25) is 5.91 Å². The lowest BCUT2D eigenvalue weighted by Gasteiger charge is -2.10. The first-order valence-electron chi connectivity index (χ1n) is 9.05. The lowest BCUT2D eigenvalue weighted by molar-refractivity contribution is -0.129. The van der Waals surface area contributed by atoms with E-state index in [-0.39, 0.29) is 24.7 Å². The summed E-state index contributed by atoms with van der Waals surface area (Å²) in [5.74, 6) is -0.194. The van der Waals surface area contributed by atoms with Crippen molar-refractivity contribution in [3.05, 3.63) is 39.8 Å². The van der Waals surface area contributed by atoms with Gasteiger partial charge in [-0.3, -0.25) is 13.9 Å². The second-order valence-electron chi connectivity index (χ2n) is 5.84. The van der Waals surface area contributed by atoms with Crippen LogP contribution in [-0.4, -0.2) is 46.1 Å². The molecule has 25 heavy (non-hydrogen) atoms. The summed E-state index contributed by atoms with van der Waals surface area (Å²) in [6, 6.07) is 5.46. The number of ether oxygens (including phenoxy) is 1. The summed E-state index contributed by atoms with van der Waals surface area (Å²) in [4.78, 5) is 32.1. The molecule has 0 bridgehead atoms. The smallest absolute Gasteiger partial charge is 0.330 e. The molecule has 3 aromatic heterocycles. The highest BCUT2D eigenvalue weighted by molar-refractivity contribution is 7.15. The second-order valence-corrected chi connectivity index (χ2v) is 7.01. The van der Waals surface area contributed by atoms with E-state index in [1.807, 2.05) is 12.1 Å². The quantitative estimate of drug-likeness (QED) is 0.692. The lowest BCUT2D eigenvalue weighted by Crippen LogP contribution is -2.31. The van der Waals surface area contributed by atoms with E-state index < -0.39 is 7.04 Å². The van der Waals surface area contributed by atoms with Gasteiger partial charge >= 0.3 is 5.69 Å². The molecule has 3 rings (SSSR count). The Morgan fingerprint density at radius 3 is 2.96 bits per heavy atom. The summed E-state index contributed by atoms with van der Waals surface area (Å²) < 4.78 is 29.0. The van der Waals surface area contributed by atoms with Crippen molar-refractivity contribution in [3.8, 4) is 10.4 Å². The number of fused-ring (bicyclic) bond motifs is 1. The molecule has 0 radical (unpaired) electrons. The first-order valence-corrected chi connectivity index (χ1v) is 8.37. The van der Waals surface area contributed by atoms with Crippen molar-refractivity contribution in [3.63, 3.8) is 0 Å². The van der Waals surface area contributed by atoms with Crippen molar-refractivity contribution in [1.29, 1.82) is 0 Å². The van der Waals surface area contributed by atoms with Crippen LogP contribution in [0.1, 0.15) is 8.99 Å². The summed E-state index contributed by atoms with van der Waals surface area (Å²) in [7, 11) is 2.44. The Bertz CT molecular complexity index is 1080. The minimum atomic E-state index is -2.44. The minimum absolute atomic E-state index is 0.00970. The van der Waals surface area contributed by atoms with Crippen LogP contribution in [0.4, 0.5) is 0 Å². The Balaban J connectivity index is 1.97. The molecular weight excluding hydrogens is 340 g/mol. The number of aromatic nitrogens is 3. The molecule has 1 amide bonds. The van der Waals surface area contributed by atoms with Crippen molar-refractivity contribution in [1.82, 2.24) is 19.0 Å². The molecule has 0 aliphatic rings. The van der Waals surface area contributed by atoms with E-state index in [1.54, 1.807) is 33.4 Å². The third-order valence-corrected chi connectivity index (χ3v) is 5.03. The van der Waals surface area contributed by atoms with Crippen molar-refractivity contribution < 1.29 is 13.6 Å². The van der Waals surface area contributed by atoms with E-state index in [0.29, 0.717) is 11.2 Å². The topological polar surface area (TPSA) is 69.4 Å². The molecule has 132 valence electrons. The molecule has 0 atom stereocenters. The Kier molecular flexibility index (Phi) is 3.76. The first-order chi connectivity index (χ1) is 13.1. The number of amides is 1. The van der Waals surface area contributed by atoms with Crippen molar-refractivity contribution >= 4 is 28.4 Å². The maximum Gasteiger partial charge on any atom is 0.330 e. The third-order valence-electron chi connectivity index (χ3n) is 3.93. The van der Waals surface area contributed by atoms with E-state index in [4.69, 9.17) is 8.85 Å². The molecule has 0 spiro atoms. The molecule has 0 aromatic carbocycles. The van der Waals surface area contributed by atoms with E-state index in [9.17, 15) is 9.59 Å². The molecule has 8 heteroatoms. The number of imidazole rings is 1. The zero-order valence-electron chi connectivity index (χ0n) is 17.1. The Labute approximate surface area is 153 Å². The van der Waals surface area contributed by atoms with Gasteiger partial charge in [-0.25, -0.2) is 9.78 Å². The van der Waals surface area contributed by atoms with Crippen LogP contribution in [0.5, 0.6) is 0 Å². The lowest BCUT2D eigenvalue weighted by atomic mass is 10.2. The molecule has 0 unspecified atom stereocenters. The highest BCUT2D eigenvalue weighted by Crippen LogP contribution is 2.29. The fourth-order valence-corrected chi connectivity index (χ4v) is 3.43. The number of carbonyl (C=O) groups excluding carboxylic acids is 1. The van der Waals surface area contributed by atoms with Crippen molar-refractivity contribution in [2.45, 2.75) is 13.2 Å². The molecule has 3 aromatic rings. The number of aryl methyl sites for hydroxylation is 1. The predicted octanol–water partition coefficient (Wildman–Crippen LogP) is 1.70. The first kappa shape index (κ1) is 13.8. The van der Waals surface area contributed by atoms with Gasteiger partial charge in [0.05, 0.1) is 16.2 Å². The zero-order chi connectivity index (χ0) is 20.6. The molecular formula is C17H20N4O3S. The number of carbonyl (C=O) groups is 1. The Hall–Kier alpha value is -2.45. The second kappa shape index (κ2) is 6.81. The van der Waals surface area contributed by atoms with E-state index in [2.05, 4.69) is 4.98 Å². The van der Waals surface area contributed by atoms with Crippen LogP contribution >= 0.6 is 11.3 Å². The fraction of sp³-hybridized carbons (Fsp3) is 0.353. The van der Waals surface area contributed by atoms with E-state index in [0.717, 1.165) is 15.3 Å². The van der Waals surface area contributed by atoms with Crippen LogP contribution < -0.4 is 5.69 Å². The largest absolute Gasteiger partial charge is 0.379 e. The number of hydrogen-bond donors (Lipinski definition) is 0.